The molecular weight excluding hydrogens is 274 g/mol. The van der Waals surface area contributed by atoms with Crippen molar-refractivity contribution in [2.75, 3.05) is 34.3 Å². The van der Waals surface area contributed by atoms with E-state index in [1.54, 1.807) is 0 Å². The van der Waals surface area contributed by atoms with Crippen molar-refractivity contribution in [2.24, 2.45) is 0 Å². The molecule has 0 aliphatic rings. The van der Waals surface area contributed by atoms with E-state index in [9.17, 15) is 4.57 Å². The monoisotopic (exact) mass is 290 g/mol. The number of hydrogen-bond donors (Lipinski definition) is 0. The van der Waals surface area contributed by atoms with E-state index in [0.29, 0.717) is 6.61 Å². The molecular formula is C5H15BaNO2P+. The van der Waals surface area contributed by atoms with Gasteiger partial charge in [0.05, 0.1) is 21.1 Å². The van der Waals surface area contributed by atoms with Crippen molar-refractivity contribution in [1.29, 1.82) is 0 Å². The quantitative estimate of drug-likeness (QED) is 0.331. The van der Waals surface area contributed by atoms with E-state index in [1.807, 2.05) is 0 Å². The summed E-state index contributed by atoms with van der Waals surface area (Å²) in [6.07, 6.45) is 0. The third-order valence-electron chi connectivity index (χ3n) is 0.906. The third kappa shape index (κ3) is 12.3. The molecule has 0 N–H and O–H groups in total. The van der Waals surface area contributed by atoms with Gasteiger partial charge in [0.25, 0.3) is 0 Å². The predicted octanol–water partition coefficient (Wildman–Crippen LogP) is 0.760. The molecule has 0 amide bonds. The van der Waals surface area contributed by atoms with Crippen LogP contribution in [0.25, 0.3) is 0 Å². The number of nitrogens with zero attached hydrogens (tertiary/aromatic N) is 1. The number of rotatable bonds is 4. The van der Waals surface area contributed by atoms with Gasteiger partial charge in [-0.25, -0.2) is 4.57 Å². The number of hydrogen-bond acceptors (Lipinski definition) is 2. The normalized spacial score (nSPS) is 11.1. The molecule has 0 fully saturated rings. The Morgan fingerprint density at radius 1 is 1.50 bits per heavy atom. The molecule has 0 aromatic rings. The number of quaternary nitrogens is 1. The minimum atomic E-state index is -0.217. The van der Waals surface area contributed by atoms with E-state index >= 15 is 0 Å². The van der Waals surface area contributed by atoms with Crippen LogP contribution >= 0.6 is 8.69 Å². The zero-order chi connectivity index (χ0) is 7.33. The van der Waals surface area contributed by atoms with Crippen LogP contribution in [0, 0.1) is 0 Å². The van der Waals surface area contributed by atoms with E-state index in [1.165, 1.54) is 0 Å². The molecule has 0 saturated carbocycles. The molecule has 58 valence electrons. The summed E-state index contributed by atoms with van der Waals surface area (Å²) in [6, 6.07) is 0. The zero-order valence-corrected chi connectivity index (χ0v) is 12.2. The average Bonchev–Trinajstić information content (AvgIpc) is 1.63. The first-order valence-electron chi connectivity index (χ1n) is 2.81. The summed E-state index contributed by atoms with van der Waals surface area (Å²) in [5.41, 5.74) is 0. The fourth-order valence-electron chi connectivity index (χ4n) is 0.352. The molecule has 0 aromatic heterocycles. The van der Waals surface area contributed by atoms with Crippen LogP contribution in [0.15, 0.2) is 0 Å². The smallest absolute Gasteiger partial charge is 1.00 e. The van der Waals surface area contributed by atoms with Gasteiger partial charge in [0.2, 0.25) is 0 Å². The van der Waals surface area contributed by atoms with Gasteiger partial charge in [0.1, 0.15) is 13.2 Å². The van der Waals surface area contributed by atoms with Crippen molar-refractivity contribution >= 4 is 57.6 Å². The van der Waals surface area contributed by atoms with Crippen molar-refractivity contribution in [3.63, 3.8) is 0 Å². The van der Waals surface area contributed by atoms with Crippen LogP contribution in [0.3, 0.4) is 0 Å². The second-order valence-corrected chi connectivity index (χ2v) is 3.33. The first-order chi connectivity index (χ1) is 4.06. The summed E-state index contributed by atoms with van der Waals surface area (Å²) in [7, 11) is 5.96. The topological polar surface area (TPSA) is 26.3 Å². The van der Waals surface area contributed by atoms with Crippen LogP contribution in [0.4, 0.5) is 0 Å². The summed E-state index contributed by atoms with van der Waals surface area (Å²) >= 11 is 0. The summed E-state index contributed by atoms with van der Waals surface area (Å²) in [4.78, 5) is 0. The molecule has 0 unspecified atom stereocenters. The molecule has 0 heterocycles. The SMILES string of the molecule is C[N+](C)(C)CCOP=O.[Ba+2].[H-].[H-]. The van der Waals surface area contributed by atoms with E-state index in [-0.39, 0.29) is 60.4 Å². The Labute approximate surface area is 107 Å². The van der Waals surface area contributed by atoms with Crippen LogP contribution in [0.5, 0.6) is 0 Å². The van der Waals surface area contributed by atoms with Crippen LogP contribution in [-0.2, 0) is 9.09 Å². The van der Waals surface area contributed by atoms with Crippen molar-refractivity contribution in [1.82, 2.24) is 0 Å². The first-order valence-corrected chi connectivity index (χ1v) is 3.54. The molecule has 0 rings (SSSR count). The number of likely N-dealkylation sites (N-methyl/N-ethyl adjacent to an activating group) is 1. The fourth-order valence-corrected chi connectivity index (χ4v) is 0.508. The molecule has 5 heteroatoms. The Morgan fingerprint density at radius 3 is 2.30 bits per heavy atom. The maximum absolute atomic E-state index is 9.76. The Balaban J connectivity index is -0.000000107. The predicted molar refractivity (Wildman–Crippen MR) is 44.4 cm³/mol. The molecule has 0 saturated heterocycles. The van der Waals surface area contributed by atoms with Gasteiger partial charge in [0, 0.05) is 0 Å². The average molecular weight is 289 g/mol. The Morgan fingerprint density at radius 2 is 2.00 bits per heavy atom. The molecule has 0 bridgehead atoms. The minimum absolute atomic E-state index is 0. The summed E-state index contributed by atoms with van der Waals surface area (Å²) < 4.78 is 15.2. The van der Waals surface area contributed by atoms with Gasteiger partial charge in [-0.3, -0.25) is 4.52 Å². The van der Waals surface area contributed by atoms with E-state index in [2.05, 4.69) is 25.7 Å². The summed E-state index contributed by atoms with van der Waals surface area (Å²) in [5, 5.41) is 0. The standard InChI is InChI=1S/C5H13NO2P.Ba.2H/c1-6(2,3)4-5-8-9-7;;;/h4-5H2,1-3H3;;;/q+1;+2;2*-1. The largest absolute Gasteiger partial charge is 2.00 e. The molecule has 0 spiro atoms. The Bertz CT molecular complexity index is 102. The van der Waals surface area contributed by atoms with Crippen molar-refractivity contribution < 1.29 is 16.4 Å². The van der Waals surface area contributed by atoms with Crippen LogP contribution in [-0.4, -0.2) is 87.7 Å². The van der Waals surface area contributed by atoms with Gasteiger partial charge in [-0.15, -0.1) is 0 Å². The Hall–Kier alpha value is 1.59. The van der Waals surface area contributed by atoms with Gasteiger partial charge < -0.3 is 7.34 Å². The molecule has 0 radical (unpaired) electrons. The maximum Gasteiger partial charge on any atom is 2.00 e. The molecule has 0 aliphatic heterocycles. The van der Waals surface area contributed by atoms with Crippen molar-refractivity contribution in [2.45, 2.75) is 0 Å². The van der Waals surface area contributed by atoms with Gasteiger partial charge in [-0.2, -0.15) is 0 Å². The fraction of sp³-hybridized carbons (Fsp3) is 1.00. The molecule has 0 aromatic carbocycles. The van der Waals surface area contributed by atoms with Gasteiger partial charge in [0.15, 0.2) is 0 Å². The second kappa shape index (κ2) is 7.25. The van der Waals surface area contributed by atoms with Crippen LogP contribution in [0.1, 0.15) is 2.85 Å². The van der Waals surface area contributed by atoms with Crippen LogP contribution < -0.4 is 0 Å². The van der Waals surface area contributed by atoms with Crippen molar-refractivity contribution in [3.8, 4) is 0 Å². The van der Waals surface area contributed by atoms with Crippen LogP contribution in [0.2, 0.25) is 0 Å². The van der Waals surface area contributed by atoms with Gasteiger partial charge in [-0.05, 0) is 0 Å². The van der Waals surface area contributed by atoms with Crippen molar-refractivity contribution in [3.05, 3.63) is 0 Å². The van der Waals surface area contributed by atoms with E-state index in [4.69, 9.17) is 0 Å². The summed E-state index contributed by atoms with van der Waals surface area (Å²) in [6.45, 7) is 1.43. The summed E-state index contributed by atoms with van der Waals surface area (Å²) in [5.74, 6) is 0. The van der Waals surface area contributed by atoms with E-state index < -0.39 is 0 Å². The Kier molecular flexibility index (Phi) is 10.3. The molecule has 0 atom stereocenters. The first kappa shape index (κ1) is 14.1. The maximum atomic E-state index is 9.76. The van der Waals surface area contributed by atoms with E-state index in [0.717, 1.165) is 11.0 Å². The minimum Gasteiger partial charge on any atom is -1.00 e. The molecule has 0 aliphatic carbocycles. The zero-order valence-electron chi connectivity index (χ0n) is 8.83. The van der Waals surface area contributed by atoms with Gasteiger partial charge >= 0.3 is 57.6 Å². The second-order valence-electron chi connectivity index (χ2n) is 2.92. The third-order valence-corrected chi connectivity index (χ3v) is 1.19. The van der Waals surface area contributed by atoms with Gasteiger partial charge in [-0.1, -0.05) is 0 Å². The molecule has 10 heavy (non-hydrogen) atoms. The molecule has 3 nitrogen and oxygen atoms in total.